The van der Waals surface area contributed by atoms with Gasteiger partial charge >= 0.3 is 0 Å². The molecule has 0 heterocycles. The number of likely N-dealkylation sites (N-methyl/N-ethyl adjacent to an activating group) is 1. The second-order valence-electron chi connectivity index (χ2n) is 5.03. The van der Waals surface area contributed by atoms with Gasteiger partial charge in [0.25, 0.3) is 0 Å². The predicted molar refractivity (Wildman–Crippen MR) is 85.5 cm³/mol. The summed E-state index contributed by atoms with van der Waals surface area (Å²) in [7, 11) is 0. The van der Waals surface area contributed by atoms with Crippen molar-refractivity contribution in [3.05, 3.63) is 0 Å². The van der Waals surface area contributed by atoms with Crippen molar-refractivity contribution in [1.29, 1.82) is 0 Å². The minimum atomic E-state index is 0. The maximum atomic E-state index is 11.6. The van der Waals surface area contributed by atoms with Crippen LogP contribution in [0.3, 0.4) is 0 Å². The number of carbonyl (C=O) groups excluding carboxylic acids is 1. The van der Waals surface area contributed by atoms with E-state index in [4.69, 9.17) is 0 Å². The van der Waals surface area contributed by atoms with Gasteiger partial charge in [-0.25, -0.2) is 0 Å². The van der Waals surface area contributed by atoms with Crippen molar-refractivity contribution in [1.82, 2.24) is 15.5 Å². The first-order valence-electron chi connectivity index (χ1n) is 6.88. The molecular formula is C13H29Cl2N3O. The van der Waals surface area contributed by atoms with E-state index in [2.05, 4.69) is 36.3 Å². The highest BCUT2D eigenvalue weighted by atomic mass is 35.5. The van der Waals surface area contributed by atoms with E-state index in [0.717, 1.165) is 32.1 Å². The largest absolute Gasteiger partial charge is 0.351 e. The fraction of sp³-hybridized carbons (Fsp3) is 0.923. The van der Waals surface area contributed by atoms with E-state index in [0.29, 0.717) is 6.54 Å². The lowest BCUT2D eigenvalue weighted by Crippen LogP contribution is -2.45. The van der Waals surface area contributed by atoms with Crippen LogP contribution >= 0.6 is 24.8 Å². The predicted octanol–water partition coefficient (Wildman–Crippen LogP) is 1.68. The van der Waals surface area contributed by atoms with Crippen LogP contribution in [0.15, 0.2) is 0 Å². The highest BCUT2D eigenvalue weighted by Gasteiger charge is 2.20. The topological polar surface area (TPSA) is 44.4 Å². The van der Waals surface area contributed by atoms with Gasteiger partial charge in [-0.15, -0.1) is 24.8 Å². The molecule has 1 unspecified atom stereocenters. The first-order chi connectivity index (χ1) is 8.15. The van der Waals surface area contributed by atoms with Crippen molar-refractivity contribution in [2.45, 2.75) is 39.7 Å². The highest BCUT2D eigenvalue weighted by Crippen LogP contribution is 2.27. The van der Waals surface area contributed by atoms with Crippen LogP contribution in [0.5, 0.6) is 0 Å². The summed E-state index contributed by atoms with van der Waals surface area (Å²) in [6, 6.07) is 0.227. The number of halogens is 2. The molecule has 1 atom stereocenters. The zero-order valence-electron chi connectivity index (χ0n) is 12.3. The summed E-state index contributed by atoms with van der Waals surface area (Å²) in [5.74, 6) is 0.946. The first kappa shape index (κ1) is 21.3. The van der Waals surface area contributed by atoms with Gasteiger partial charge in [-0.1, -0.05) is 13.8 Å². The first-order valence-corrected chi connectivity index (χ1v) is 6.88. The van der Waals surface area contributed by atoms with Crippen LogP contribution in [-0.4, -0.2) is 49.6 Å². The maximum absolute atomic E-state index is 11.6. The van der Waals surface area contributed by atoms with Crippen molar-refractivity contribution in [3.63, 3.8) is 0 Å². The van der Waals surface area contributed by atoms with E-state index in [9.17, 15) is 4.79 Å². The summed E-state index contributed by atoms with van der Waals surface area (Å²) < 4.78 is 0. The third-order valence-corrected chi connectivity index (χ3v) is 3.25. The van der Waals surface area contributed by atoms with Gasteiger partial charge in [-0.05, 0) is 45.3 Å². The molecule has 0 bridgehead atoms. The quantitative estimate of drug-likeness (QED) is 0.680. The monoisotopic (exact) mass is 313 g/mol. The Balaban J connectivity index is 0. The standard InChI is InChI=1S/C13H27N3O.2ClH/c1-4-16(5-2)10-11(3)15-13(17)9-14-8-12-6-7-12;;/h11-12,14H,4-10H2,1-3H3,(H,15,17);2*1H. The van der Waals surface area contributed by atoms with Gasteiger partial charge < -0.3 is 15.5 Å². The Kier molecular flexibility index (Phi) is 13.2. The molecular weight excluding hydrogens is 285 g/mol. The minimum Gasteiger partial charge on any atom is -0.351 e. The Bertz CT molecular complexity index is 234. The lowest BCUT2D eigenvalue weighted by atomic mass is 10.3. The minimum absolute atomic E-state index is 0. The Hall–Kier alpha value is -0.0300. The number of carbonyl (C=O) groups is 1. The molecule has 6 heteroatoms. The van der Waals surface area contributed by atoms with Crippen LogP contribution in [0, 0.1) is 5.92 Å². The Morgan fingerprint density at radius 1 is 1.26 bits per heavy atom. The van der Waals surface area contributed by atoms with E-state index in [1.165, 1.54) is 12.8 Å². The van der Waals surface area contributed by atoms with Gasteiger partial charge in [0.1, 0.15) is 0 Å². The number of amides is 1. The van der Waals surface area contributed by atoms with Gasteiger partial charge in [0.15, 0.2) is 0 Å². The molecule has 0 radical (unpaired) electrons. The molecule has 1 saturated carbocycles. The molecule has 0 aromatic rings. The number of hydrogen-bond donors (Lipinski definition) is 2. The molecule has 0 aromatic carbocycles. The van der Waals surface area contributed by atoms with Crippen LogP contribution in [0.25, 0.3) is 0 Å². The summed E-state index contributed by atoms with van der Waals surface area (Å²) >= 11 is 0. The van der Waals surface area contributed by atoms with Gasteiger partial charge in [0.2, 0.25) is 5.91 Å². The number of nitrogens with zero attached hydrogens (tertiary/aromatic N) is 1. The molecule has 19 heavy (non-hydrogen) atoms. The molecule has 0 aromatic heterocycles. The molecule has 2 N–H and O–H groups in total. The molecule has 116 valence electrons. The molecule has 0 saturated heterocycles. The molecule has 1 rings (SSSR count). The summed E-state index contributed by atoms with van der Waals surface area (Å²) in [5.41, 5.74) is 0. The zero-order chi connectivity index (χ0) is 12.7. The van der Waals surface area contributed by atoms with E-state index in [-0.39, 0.29) is 36.8 Å². The Morgan fingerprint density at radius 3 is 2.32 bits per heavy atom. The normalized spacial score (nSPS) is 15.4. The molecule has 1 fully saturated rings. The maximum Gasteiger partial charge on any atom is 0.234 e. The molecule has 1 amide bonds. The molecule has 0 aliphatic heterocycles. The van der Waals surface area contributed by atoms with Crippen LogP contribution in [0.2, 0.25) is 0 Å². The summed E-state index contributed by atoms with van der Waals surface area (Å²) in [6.45, 7) is 10.8. The van der Waals surface area contributed by atoms with Gasteiger partial charge in [-0.2, -0.15) is 0 Å². The summed E-state index contributed by atoms with van der Waals surface area (Å²) in [6.07, 6.45) is 2.65. The zero-order valence-corrected chi connectivity index (χ0v) is 13.9. The molecule has 0 spiro atoms. The van der Waals surface area contributed by atoms with Crippen molar-refractivity contribution in [3.8, 4) is 0 Å². The van der Waals surface area contributed by atoms with Gasteiger partial charge in [0, 0.05) is 12.6 Å². The van der Waals surface area contributed by atoms with Crippen molar-refractivity contribution in [2.75, 3.05) is 32.7 Å². The molecule has 1 aliphatic carbocycles. The van der Waals surface area contributed by atoms with Gasteiger partial charge in [0.05, 0.1) is 6.54 Å². The third kappa shape index (κ3) is 10.4. The Labute approximate surface area is 129 Å². The van der Waals surface area contributed by atoms with Crippen molar-refractivity contribution < 1.29 is 4.79 Å². The average molecular weight is 314 g/mol. The molecule has 4 nitrogen and oxygen atoms in total. The SMILES string of the molecule is CCN(CC)CC(C)NC(=O)CNCC1CC1.Cl.Cl. The van der Waals surface area contributed by atoms with Gasteiger partial charge in [-0.3, -0.25) is 4.79 Å². The van der Waals surface area contributed by atoms with E-state index in [1.54, 1.807) is 0 Å². The van der Waals surface area contributed by atoms with E-state index >= 15 is 0 Å². The lowest BCUT2D eigenvalue weighted by Gasteiger charge is -2.23. The summed E-state index contributed by atoms with van der Waals surface area (Å²) in [4.78, 5) is 13.9. The second kappa shape index (κ2) is 11.8. The summed E-state index contributed by atoms with van der Waals surface area (Å²) in [5, 5.41) is 6.24. The van der Waals surface area contributed by atoms with Crippen LogP contribution in [-0.2, 0) is 4.79 Å². The van der Waals surface area contributed by atoms with Crippen molar-refractivity contribution >= 4 is 30.7 Å². The second-order valence-corrected chi connectivity index (χ2v) is 5.03. The van der Waals surface area contributed by atoms with Crippen LogP contribution < -0.4 is 10.6 Å². The van der Waals surface area contributed by atoms with Crippen LogP contribution in [0.1, 0.15) is 33.6 Å². The van der Waals surface area contributed by atoms with Crippen molar-refractivity contribution in [2.24, 2.45) is 5.92 Å². The fourth-order valence-electron chi connectivity index (χ4n) is 1.95. The number of rotatable bonds is 9. The Morgan fingerprint density at radius 2 is 1.84 bits per heavy atom. The lowest BCUT2D eigenvalue weighted by molar-refractivity contribution is -0.120. The number of nitrogens with one attached hydrogen (secondary N) is 2. The highest BCUT2D eigenvalue weighted by molar-refractivity contribution is 5.85. The third-order valence-electron chi connectivity index (χ3n) is 3.25. The number of hydrogen-bond acceptors (Lipinski definition) is 3. The van der Waals surface area contributed by atoms with Crippen LogP contribution in [0.4, 0.5) is 0 Å². The fourth-order valence-corrected chi connectivity index (χ4v) is 1.95. The van der Waals surface area contributed by atoms with E-state index in [1.807, 2.05) is 0 Å². The average Bonchev–Trinajstić information content (AvgIpc) is 3.09. The smallest absolute Gasteiger partial charge is 0.234 e. The molecule has 1 aliphatic rings. The van der Waals surface area contributed by atoms with E-state index < -0.39 is 0 Å².